The van der Waals surface area contributed by atoms with Crippen molar-refractivity contribution in [1.29, 1.82) is 0 Å². The van der Waals surface area contributed by atoms with Gasteiger partial charge in [0, 0.05) is 31.6 Å². The minimum absolute atomic E-state index is 0.0153. The summed E-state index contributed by atoms with van der Waals surface area (Å²) in [5, 5.41) is 8.52. The van der Waals surface area contributed by atoms with Gasteiger partial charge in [0.1, 0.15) is 0 Å². The number of anilines is 2. The fraction of sp³-hybridized carbons (Fsp3) is 0.429. The molecule has 110 valence electrons. The van der Waals surface area contributed by atoms with Gasteiger partial charge in [-0.05, 0) is 32.0 Å². The molecule has 0 saturated carbocycles. The minimum Gasteiger partial charge on any atom is -0.397 e. The molecule has 5 N–H and O–H groups in total. The molecule has 1 rings (SSSR count). The predicted molar refractivity (Wildman–Crippen MR) is 80.7 cm³/mol. The lowest BCUT2D eigenvalue weighted by Crippen LogP contribution is -2.25. The fourth-order valence-electron chi connectivity index (χ4n) is 1.71. The Labute approximate surface area is 119 Å². The summed E-state index contributed by atoms with van der Waals surface area (Å²) in [6.07, 6.45) is 0.360. The van der Waals surface area contributed by atoms with Crippen molar-refractivity contribution in [3.63, 3.8) is 0 Å². The number of amides is 2. The Kier molecular flexibility index (Phi) is 6.36. The summed E-state index contributed by atoms with van der Waals surface area (Å²) in [5.41, 5.74) is 7.60. The van der Waals surface area contributed by atoms with E-state index in [0.29, 0.717) is 43.0 Å². The highest BCUT2D eigenvalue weighted by molar-refractivity contribution is 5.96. The number of hydrogen-bond acceptors (Lipinski definition) is 4. The minimum atomic E-state index is -0.140. The van der Waals surface area contributed by atoms with Crippen molar-refractivity contribution in [3.05, 3.63) is 23.8 Å². The Morgan fingerprint density at radius 3 is 2.50 bits per heavy atom. The molecule has 0 aliphatic heterocycles. The molecular weight excluding hydrogens is 256 g/mol. The summed E-state index contributed by atoms with van der Waals surface area (Å²) in [6, 6.07) is 5.05. The van der Waals surface area contributed by atoms with Crippen molar-refractivity contribution in [2.75, 3.05) is 30.7 Å². The lowest BCUT2D eigenvalue weighted by molar-refractivity contribution is -0.120. The second-order valence-electron chi connectivity index (χ2n) is 4.29. The van der Waals surface area contributed by atoms with Gasteiger partial charge < -0.3 is 21.7 Å². The number of hydrogen-bond donors (Lipinski definition) is 4. The predicted octanol–water partition coefficient (Wildman–Crippen LogP) is 0.957. The Morgan fingerprint density at radius 1 is 1.15 bits per heavy atom. The van der Waals surface area contributed by atoms with Gasteiger partial charge in [-0.1, -0.05) is 0 Å². The van der Waals surface area contributed by atoms with E-state index in [1.165, 1.54) is 0 Å². The third-order valence-electron chi connectivity index (χ3n) is 2.69. The highest BCUT2D eigenvalue weighted by Crippen LogP contribution is 2.20. The third-order valence-corrected chi connectivity index (χ3v) is 2.69. The molecule has 2 amide bonds. The first-order valence-corrected chi connectivity index (χ1v) is 6.76. The molecule has 0 bridgehead atoms. The topological polar surface area (TPSA) is 96.2 Å². The zero-order chi connectivity index (χ0) is 15.0. The largest absolute Gasteiger partial charge is 0.397 e. The quantitative estimate of drug-likeness (QED) is 0.558. The maximum Gasteiger partial charge on any atom is 0.251 e. The maximum absolute atomic E-state index is 11.7. The van der Waals surface area contributed by atoms with Crippen LogP contribution in [0.25, 0.3) is 0 Å². The monoisotopic (exact) mass is 278 g/mol. The summed E-state index contributed by atoms with van der Waals surface area (Å²) in [5.74, 6) is -0.155. The normalized spacial score (nSPS) is 9.90. The number of nitrogen functional groups attached to an aromatic ring is 1. The van der Waals surface area contributed by atoms with Crippen LogP contribution in [0.2, 0.25) is 0 Å². The molecule has 0 heterocycles. The van der Waals surface area contributed by atoms with Crippen LogP contribution in [0.1, 0.15) is 30.6 Å². The highest BCUT2D eigenvalue weighted by Gasteiger charge is 2.07. The van der Waals surface area contributed by atoms with Crippen molar-refractivity contribution in [2.24, 2.45) is 0 Å². The average molecular weight is 278 g/mol. The molecule has 0 fully saturated rings. The van der Waals surface area contributed by atoms with Crippen molar-refractivity contribution in [1.82, 2.24) is 10.6 Å². The van der Waals surface area contributed by atoms with Crippen molar-refractivity contribution in [2.45, 2.75) is 20.3 Å². The number of benzene rings is 1. The van der Waals surface area contributed by atoms with Crippen LogP contribution in [0.15, 0.2) is 18.2 Å². The van der Waals surface area contributed by atoms with E-state index in [9.17, 15) is 9.59 Å². The standard InChI is InChI=1S/C14H22N4O2/c1-3-16-13(19)7-8-18-12-9-10(5-6-11(12)15)14(20)17-4-2/h5-6,9,18H,3-4,7-8,15H2,1-2H3,(H,16,19)(H,17,20). The zero-order valence-electron chi connectivity index (χ0n) is 12.0. The molecule has 0 aromatic heterocycles. The van der Waals surface area contributed by atoms with E-state index in [2.05, 4.69) is 16.0 Å². The third kappa shape index (κ3) is 4.79. The summed E-state index contributed by atoms with van der Waals surface area (Å²) >= 11 is 0. The summed E-state index contributed by atoms with van der Waals surface area (Å²) in [4.78, 5) is 23.1. The van der Waals surface area contributed by atoms with Gasteiger partial charge in [-0.15, -0.1) is 0 Å². The molecule has 0 atom stereocenters. The van der Waals surface area contributed by atoms with Crippen LogP contribution >= 0.6 is 0 Å². The molecule has 20 heavy (non-hydrogen) atoms. The van der Waals surface area contributed by atoms with Gasteiger partial charge in [-0.25, -0.2) is 0 Å². The second kappa shape index (κ2) is 8.04. The van der Waals surface area contributed by atoms with E-state index in [-0.39, 0.29) is 11.8 Å². The van der Waals surface area contributed by atoms with Crippen molar-refractivity contribution >= 4 is 23.2 Å². The number of carbonyl (C=O) groups excluding carboxylic acids is 2. The molecule has 0 aliphatic carbocycles. The molecule has 1 aromatic carbocycles. The summed E-state index contributed by atoms with van der Waals surface area (Å²) < 4.78 is 0. The van der Waals surface area contributed by atoms with E-state index in [1.54, 1.807) is 18.2 Å². The van der Waals surface area contributed by atoms with E-state index < -0.39 is 0 Å². The molecule has 0 unspecified atom stereocenters. The van der Waals surface area contributed by atoms with Gasteiger partial charge in [-0.3, -0.25) is 9.59 Å². The van der Waals surface area contributed by atoms with Crippen LogP contribution in [0, 0.1) is 0 Å². The summed E-state index contributed by atoms with van der Waals surface area (Å²) in [6.45, 7) is 5.39. The number of nitrogens with two attached hydrogens (primary N) is 1. The number of rotatable bonds is 7. The first-order chi connectivity index (χ1) is 9.58. The first kappa shape index (κ1) is 15.8. The van der Waals surface area contributed by atoms with Gasteiger partial charge >= 0.3 is 0 Å². The van der Waals surface area contributed by atoms with Gasteiger partial charge in [0.05, 0.1) is 11.4 Å². The van der Waals surface area contributed by atoms with Gasteiger partial charge in [0.2, 0.25) is 5.91 Å². The molecule has 1 aromatic rings. The number of carbonyl (C=O) groups is 2. The Bertz CT molecular complexity index is 474. The van der Waals surface area contributed by atoms with Crippen molar-refractivity contribution in [3.8, 4) is 0 Å². The lowest BCUT2D eigenvalue weighted by Gasteiger charge is -2.11. The van der Waals surface area contributed by atoms with E-state index in [1.807, 2.05) is 13.8 Å². The van der Waals surface area contributed by atoms with Crippen LogP contribution in [-0.2, 0) is 4.79 Å². The average Bonchev–Trinajstić information content (AvgIpc) is 2.41. The van der Waals surface area contributed by atoms with E-state index >= 15 is 0 Å². The van der Waals surface area contributed by atoms with Crippen LogP contribution in [0.4, 0.5) is 11.4 Å². The zero-order valence-corrected chi connectivity index (χ0v) is 12.0. The molecule has 0 aliphatic rings. The molecule has 6 heteroatoms. The lowest BCUT2D eigenvalue weighted by atomic mass is 10.1. The molecule has 6 nitrogen and oxygen atoms in total. The molecule has 0 radical (unpaired) electrons. The van der Waals surface area contributed by atoms with E-state index in [4.69, 9.17) is 5.73 Å². The molecule has 0 spiro atoms. The van der Waals surface area contributed by atoms with Crippen LogP contribution in [0.5, 0.6) is 0 Å². The van der Waals surface area contributed by atoms with Gasteiger partial charge in [-0.2, -0.15) is 0 Å². The molecular formula is C14H22N4O2. The number of nitrogens with one attached hydrogen (secondary N) is 3. The van der Waals surface area contributed by atoms with Crippen LogP contribution in [0.3, 0.4) is 0 Å². The fourth-order valence-corrected chi connectivity index (χ4v) is 1.71. The molecule has 0 saturated heterocycles. The Balaban J connectivity index is 2.62. The van der Waals surface area contributed by atoms with Crippen LogP contribution in [-0.4, -0.2) is 31.4 Å². The second-order valence-corrected chi connectivity index (χ2v) is 4.29. The van der Waals surface area contributed by atoms with Crippen molar-refractivity contribution < 1.29 is 9.59 Å². The smallest absolute Gasteiger partial charge is 0.251 e. The Hall–Kier alpha value is -2.24. The summed E-state index contributed by atoms with van der Waals surface area (Å²) in [7, 11) is 0. The van der Waals surface area contributed by atoms with Gasteiger partial charge in [0.25, 0.3) is 5.91 Å². The van der Waals surface area contributed by atoms with Gasteiger partial charge in [0.15, 0.2) is 0 Å². The SMILES string of the molecule is CCNC(=O)CCNc1cc(C(=O)NCC)ccc1N. The van der Waals surface area contributed by atoms with E-state index in [0.717, 1.165) is 0 Å². The highest BCUT2D eigenvalue weighted by atomic mass is 16.2. The Morgan fingerprint density at radius 2 is 1.85 bits per heavy atom. The van der Waals surface area contributed by atoms with Crippen LogP contribution < -0.4 is 21.7 Å². The first-order valence-electron chi connectivity index (χ1n) is 6.76. The maximum atomic E-state index is 11.7.